The number of pyridine rings is 1. The first-order chi connectivity index (χ1) is 20.4. The molecule has 1 saturated carbocycles. The van der Waals surface area contributed by atoms with E-state index in [1.807, 2.05) is 0 Å². The number of hydrogen-bond acceptors (Lipinski definition) is 7. The lowest BCUT2D eigenvalue weighted by Gasteiger charge is -2.32. The number of ether oxygens (including phenoxy) is 4. The van der Waals surface area contributed by atoms with Crippen molar-refractivity contribution in [2.75, 3.05) is 0 Å². The first-order valence-corrected chi connectivity index (χ1v) is 14.0. The van der Waals surface area contributed by atoms with Gasteiger partial charge >= 0.3 is 18.4 Å². The molecule has 0 radical (unpaired) electrons. The van der Waals surface area contributed by atoms with Crippen LogP contribution >= 0.6 is 0 Å². The van der Waals surface area contributed by atoms with E-state index in [4.69, 9.17) is 9.47 Å². The molecule has 2 atom stereocenters. The van der Waals surface area contributed by atoms with E-state index in [2.05, 4.69) is 19.6 Å². The average Bonchev–Trinajstić information content (AvgIpc) is 3.50. The summed E-state index contributed by atoms with van der Waals surface area (Å²) in [5.41, 5.74) is 0.164. The predicted octanol–water partition coefficient (Wildman–Crippen LogP) is 6.79. The maximum absolute atomic E-state index is 14.1. The van der Waals surface area contributed by atoms with Crippen LogP contribution in [-0.4, -0.2) is 38.2 Å². The lowest BCUT2D eigenvalue weighted by Crippen LogP contribution is -2.29. The van der Waals surface area contributed by atoms with Crippen molar-refractivity contribution in [2.24, 2.45) is 5.92 Å². The number of aromatic nitrogens is 3. The van der Waals surface area contributed by atoms with Gasteiger partial charge in [-0.05, 0) is 75.6 Å². The van der Waals surface area contributed by atoms with Crippen molar-refractivity contribution in [2.45, 2.75) is 82.7 Å². The van der Waals surface area contributed by atoms with Crippen LogP contribution < -0.4 is 14.2 Å². The Morgan fingerprint density at radius 1 is 1.09 bits per heavy atom. The number of carboxylic acids is 1. The molecule has 2 aromatic heterocycles. The van der Waals surface area contributed by atoms with Gasteiger partial charge in [0.25, 0.3) is 0 Å². The molecule has 3 aromatic rings. The highest BCUT2D eigenvalue weighted by Gasteiger charge is 2.44. The summed E-state index contributed by atoms with van der Waals surface area (Å²) in [4.78, 5) is 15.5. The maximum Gasteiger partial charge on any atom is 0.586 e. The number of fused-ring (bicyclic) bond motifs is 2. The van der Waals surface area contributed by atoms with Crippen LogP contribution in [0, 0.1) is 5.92 Å². The second kappa shape index (κ2) is 11.0. The lowest BCUT2D eigenvalue weighted by molar-refractivity contribution is -0.286. The molecule has 0 bridgehead atoms. The average molecular weight is 610 g/mol. The Morgan fingerprint density at radius 3 is 2.56 bits per heavy atom. The zero-order valence-corrected chi connectivity index (χ0v) is 22.9. The summed E-state index contributed by atoms with van der Waals surface area (Å²) < 4.78 is 91.6. The Morgan fingerprint density at radius 2 is 1.84 bits per heavy atom. The van der Waals surface area contributed by atoms with Crippen molar-refractivity contribution < 1.29 is 50.8 Å². The van der Waals surface area contributed by atoms with Gasteiger partial charge in [0, 0.05) is 17.8 Å². The molecule has 230 valence electrons. The summed E-state index contributed by atoms with van der Waals surface area (Å²) in [5.74, 6) is -1.48. The standard InChI is InChI=1S/C29H28F5N3O6/c1-15(17-7-10-21-23(13-17)43-29(33,34)42-21)40-24-14-18(11-12-35-24)37-25-20(26(36-37)28(30,31)32)3-2-4-22(25)41-19-8-5-16(6-9-19)27(38)39/h7,10-16,19,22H,2-6,8-9H2,1H3,(H,38,39)/t15-,16?,19?,22+/m0/s1. The summed E-state index contributed by atoms with van der Waals surface area (Å²) in [6.45, 7) is 1.66. The van der Waals surface area contributed by atoms with Crippen molar-refractivity contribution in [1.29, 1.82) is 0 Å². The van der Waals surface area contributed by atoms with Crippen LogP contribution in [0.15, 0.2) is 36.5 Å². The van der Waals surface area contributed by atoms with E-state index >= 15 is 0 Å². The van der Waals surface area contributed by atoms with E-state index in [0.717, 1.165) is 0 Å². The number of hydrogen-bond donors (Lipinski definition) is 1. The van der Waals surface area contributed by atoms with Crippen LogP contribution in [-0.2, 0) is 22.1 Å². The minimum Gasteiger partial charge on any atom is -0.481 e. The van der Waals surface area contributed by atoms with Crippen molar-refractivity contribution >= 4 is 5.97 Å². The number of rotatable bonds is 7. The molecule has 1 aliphatic heterocycles. The summed E-state index contributed by atoms with van der Waals surface area (Å²) >= 11 is 0. The fourth-order valence-corrected chi connectivity index (χ4v) is 5.94. The molecular weight excluding hydrogens is 581 g/mol. The Labute approximate surface area is 242 Å². The molecule has 14 heteroatoms. The first-order valence-electron chi connectivity index (χ1n) is 14.0. The van der Waals surface area contributed by atoms with Gasteiger partial charge < -0.3 is 24.1 Å². The molecule has 0 saturated heterocycles. The van der Waals surface area contributed by atoms with Crippen LogP contribution in [0.4, 0.5) is 22.0 Å². The minimum atomic E-state index is -4.69. The smallest absolute Gasteiger partial charge is 0.481 e. The number of carboxylic acid groups (broad SMARTS) is 1. The quantitative estimate of drug-likeness (QED) is 0.292. The van der Waals surface area contributed by atoms with Gasteiger partial charge in [-0.1, -0.05) is 6.07 Å². The van der Waals surface area contributed by atoms with Gasteiger partial charge in [0.05, 0.1) is 23.4 Å². The number of nitrogens with zero attached hydrogens (tertiary/aromatic N) is 3. The molecule has 3 heterocycles. The Bertz CT molecular complexity index is 1520. The van der Waals surface area contributed by atoms with Gasteiger partial charge in [0.1, 0.15) is 12.2 Å². The second-order valence-electron chi connectivity index (χ2n) is 10.9. The third kappa shape index (κ3) is 5.97. The van der Waals surface area contributed by atoms with E-state index in [1.54, 1.807) is 6.92 Å². The SMILES string of the molecule is C[C@H](Oc1cc(-n2nc(C(F)(F)F)c3c2[C@H](OC2CCC(C(=O)O)CC2)CCC3)ccn1)c1ccc2c(c1)OC(F)(F)O2. The topological polar surface area (TPSA) is 105 Å². The van der Waals surface area contributed by atoms with Crippen LogP contribution in [0.3, 0.4) is 0 Å². The molecule has 0 unspecified atom stereocenters. The molecule has 3 aliphatic rings. The molecule has 0 amide bonds. The van der Waals surface area contributed by atoms with E-state index in [-0.39, 0.29) is 41.2 Å². The van der Waals surface area contributed by atoms with Crippen LogP contribution in [0.25, 0.3) is 5.69 Å². The third-order valence-corrected chi connectivity index (χ3v) is 8.03. The predicted molar refractivity (Wildman–Crippen MR) is 138 cm³/mol. The van der Waals surface area contributed by atoms with E-state index in [0.29, 0.717) is 49.8 Å². The Hall–Kier alpha value is -3.94. The molecule has 0 spiro atoms. The minimum absolute atomic E-state index is 0.0751. The molecule has 1 aromatic carbocycles. The van der Waals surface area contributed by atoms with Crippen molar-refractivity contribution in [3.8, 4) is 23.1 Å². The van der Waals surface area contributed by atoms with Gasteiger partial charge in [0.15, 0.2) is 17.2 Å². The number of aliphatic carboxylic acids is 1. The van der Waals surface area contributed by atoms with Crippen molar-refractivity contribution in [3.05, 3.63) is 59.0 Å². The van der Waals surface area contributed by atoms with Crippen LogP contribution in [0.5, 0.6) is 17.4 Å². The summed E-state index contributed by atoms with van der Waals surface area (Å²) in [5, 5.41) is 13.3. The highest BCUT2D eigenvalue weighted by molar-refractivity contribution is 5.70. The highest BCUT2D eigenvalue weighted by atomic mass is 19.4. The van der Waals surface area contributed by atoms with E-state index < -0.39 is 42.3 Å². The molecule has 43 heavy (non-hydrogen) atoms. The molecular formula is C29H28F5N3O6. The van der Waals surface area contributed by atoms with Gasteiger partial charge in [-0.3, -0.25) is 4.79 Å². The number of benzene rings is 1. The normalized spacial score (nSPS) is 23.4. The molecule has 2 aliphatic carbocycles. The summed E-state index contributed by atoms with van der Waals surface area (Å²) in [7, 11) is 0. The summed E-state index contributed by atoms with van der Waals surface area (Å²) in [6.07, 6.45) is -5.64. The first kappa shape index (κ1) is 29.1. The number of halogens is 5. The van der Waals surface area contributed by atoms with Crippen molar-refractivity contribution in [1.82, 2.24) is 14.8 Å². The van der Waals surface area contributed by atoms with E-state index in [9.17, 15) is 31.9 Å². The Kier molecular flexibility index (Phi) is 7.43. The van der Waals surface area contributed by atoms with Gasteiger partial charge in [-0.25, -0.2) is 9.67 Å². The van der Waals surface area contributed by atoms with Crippen LogP contribution in [0.2, 0.25) is 0 Å². The number of alkyl halides is 5. The van der Waals surface area contributed by atoms with Crippen molar-refractivity contribution in [3.63, 3.8) is 0 Å². The monoisotopic (exact) mass is 609 g/mol. The largest absolute Gasteiger partial charge is 0.586 e. The fourth-order valence-electron chi connectivity index (χ4n) is 5.94. The molecule has 1 N–H and O–H groups in total. The molecule has 1 fully saturated rings. The van der Waals surface area contributed by atoms with Gasteiger partial charge in [0.2, 0.25) is 5.88 Å². The third-order valence-electron chi connectivity index (χ3n) is 8.03. The van der Waals surface area contributed by atoms with E-state index in [1.165, 1.54) is 41.2 Å². The fraction of sp³-hybridized carbons (Fsp3) is 0.483. The zero-order valence-electron chi connectivity index (χ0n) is 22.9. The van der Waals surface area contributed by atoms with Gasteiger partial charge in [-0.15, -0.1) is 8.78 Å². The summed E-state index contributed by atoms with van der Waals surface area (Å²) in [6, 6.07) is 7.18. The Balaban J connectivity index is 1.27. The van der Waals surface area contributed by atoms with Crippen LogP contribution in [0.1, 0.15) is 80.2 Å². The second-order valence-corrected chi connectivity index (χ2v) is 10.9. The number of carbonyl (C=O) groups is 1. The maximum atomic E-state index is 14.1. The molecule has 6 rings (SSSR count). The zero-order chi connectivity index (χ0) is 30.5. The van der Waals surface area contributed by atoms with Gasteiger partial charge in [-0.2, -0.15) is 18.3 Å². The lowest BCUT2D eigenvalue weighted by atomic mass is 9.87. The molecule has 9 nitrogen and oxygen atoms in total. The highest BCUT2D eigenvalue weighted by Crippen LogP contribution is 2.44.